The molecular formula is C21H20FN3O. The van der Waals surface area contributed by atoms with Crippen molar-refractivity contribution in [2.75, 3.05) is 4.90 Å². The third-order valence-electron chi connectivity index (χ3n) is 5.16. The van der Waals surface area contributed by atoms with Crippen LogP contribution in [0.1, 0.15) is 30.4 Å². The van der Waals surface area contributed by atoms with Crippen LogP contribution in [0.4, 0.5) is 10.1 Å². The predicted octanol–water partition coefficient (Wildman–Crippen LogP) is 3.74. The van der Waals surface area contributed by atoms with Crippen molar-refractivity contribution in [1.29, 1.82) is 0 Å². The molecule has 26 heavy (non-hydrogen) atoms. The molecule has 0 saturated carbocycles. The van der Waals surface area contributed by atoms with Gasteiger partial charge in [0.1, 0.15) is 5.82 Å². The molecular weight excluding hydrogens is 329 g/mol. The first-order valence-electron chi connectivity index (χ1n) is 8.72. The minimum absolute atomic E-state index is 0.101. The minimum Gasteiger partial charge on any atom is -0.369 e. The van der Waals surface area contributed by atoms with E-state index < -0.39 is 0 Å². The first-order chi connectivity index (χ1) is 12.5. The zero-order chi connectivity index (χ0) is 18.3. The normalized spacial score (nSPS) is 19.4. The third-order valence-corrected chi connectivity index (χ3v) is 5.16. The van der Waals surface area contributed by atoms with Gasteiger partial charge < -0.3 is 10.6 Å². The predicted molar refractivity (Wildman–Crippen MR) is 100 cm³/mol. The Morgan fingerprint density at radius 1 is 1.27 bits per heavy atom. The lowest BCUT2D eigenvalue weighted by molar-refractivity contribution is -0.119. The molecule has 4 rings (SSSR count). The summed E-state index contributed by atoms with van der Waals surface area (Å²) in [7, 11) is 0. The number of nitrogens with two attached hydrogens (primary N) is 1. The van der Waals surface area contributed by atoms with Crippen LogP contribution < -0.4 is 10.6 Å². The smallest absolute Gasteiger partial charge is 0.225 e. The van der Waals surface area contributed by atoms with Crippen LogP contribution in [0.2, 0.25) is 0 Å². The number of primary amides is 1. The fraction of sp³-hybridized carbons (Fsp3) is 0.238. The summed E-state index contributed by atoms with van der Waals surface area (Å²) in [6.45, 7) is 2.59. The van der Waals surface area contributed by atoms with Gasteiger partial charge in [-0.2, -0.15) is 0 Å². The number of aromatic nitrogens is 1. The van der Waals surface area contributed by atoms with Crippen LogP contribution in [-0.2, 0) is 11.3 Å². The number of anilines is 1. The fourth-order valence-corrected chi connectivity index (χ4v) is 3.92. The average molecular weight is 349 g/mol. The second-order valence-electron chi connectivity index (χ2n) is 6.87. The Kier molecular flexibility index (Phi) is 4.07. The van der Waals surface area contributed by atoms with E-state index in [1.807, 2.05) is 36.4 Å². The topological polar surface area (TPSA) is 59.2 Å². The van der Waals surface area contributed by atoms with E-state index in [1.165, 1.54) is 6.07 Å². The monoisotopic (exact) mass is 349 g/mol. The van der Waals surface area contributed by atoms with E-state index in [1.54, 1.807) is 12.3 Å². The first kappa shape index (κ1) is 16.5. The van der Waals surface area contributed by atoms with Crippen LogP contribution in [0.25, 0.3) is 10.9 Å². The maximum Gasteiger partial charge on any atom is 0.225 e. The van der Waals surface area contributed by atoms with E-state index in [-0.39, 0.29) is 23.7 Å². The van der Waals surface area contributed by atoms with E-state index in [2.05, 4.69) is 16.8 Å². The van der Waals surface area contributed by atoms with Gasteiger partial charge in [-0.3, -0.25) is 9.78 Å². The lowest BCUT2D eigenvalue weighted by atomic mass is 9.85. The summed E-state index contributed by atoms with van der Waals surface area (Å²) in [5.41, 5.74) is 9.17. The molecule has 2 N–H and O–H groups in total. The van der Waals surface area contributed by atoms with Gasteiger partial charge in [-0.25, -0.2) is 4.39 Å². The van der Waals surface area contributed by atoms with Crippen LogP contribution in [0, 0.1) is 5.82 Å². The Morgan fingerprint density at radius 2 is 2.08 bits per heavy atom. The van der Waals surface area contributed by atoms with Crippen molar-refractivity contribution in [2.24, 2.45) is 5.73 Å². The number of carbonyl (C=O) groups excluding carboxylic acids is 1. The summed E-state index contributed by atoms with van der Waals surface area (Å²) in [5.74, 6) is -0.866. The number of rotatable bonds is 3. The Balaban J connectivity index is 1.79. The molecule has 1 amide bonds. The van der Waals surface area contributed by atoms with Gasteiger partial charge in [0.15, 0.2) is 0 Å². The van der Waals surface area contributed by atoms with Crippen molar-refractivity contribution in [3.8, 4) is 0 Å². The molecule has 2 atom stereocenters. The minimum atomic E-state index is -0.304. The molecule has 0 saturated heterocycles. The number of amides is 1. The molecule has 0 radical (unpaired) electrons. The van der Waals surface area contributed by atoms with Gasteiger partial charge in [-0.15, -0.1) is 0 Å². The Hall–Kier alpha value is -2.95. The molecule has 3 aromatic rings. The number of benzene rings is 2. The molecule has 1 aromatic heterocycles. The quantitative estimate of drug-likeness (QED) is 0.783. The molecule has 2 unspecified atom stereocenters. The molecule has 0 fully saturated rings. The summed E-state index contributed by atoms with van der Waals surface area (Å²) in [4.78, 5) is 18.5. The first-order valence-corrected chi connectivity index (χ1v) is 8.72. The molecule has 132 valence electrons. The fourth-order valence-electron chi connectivity index (χ4n) is 3.92. The second-order valence-corrected chi connectivity index (χ2v) is 6.87. The van der Waals surface area contributed by atoms with Crippen molar-refractivity contribution < 1.29 is 9.18 Å². The molecule has 1 aliphatic heterocycles. The van der Waals surface area contributed by atoms with E-state index in [9.17, 15) is 9.18 Å². The van der Waals surface area contributed by atoms with Gasteiger partial charge in [0, 0.05) is 35.4 Å². The summed E-state index contributed by atoms with van der Waals surface area (Å²) in [5, 5.41) is 0.787. The summed E-state index contributed by atoms with van der Waals surface area (Å²) >= 11 is 0. The van der Waals surface area contributed by atoms with Crippen LogP contribution in [0.15, 0.2) is 54.7 Å². The molecule has 0 bridgehead atoms. The number of halogens is 1. The molecule has 2 aromatic carbocycles. The van der Waals surface area contributed by atoms with Crippen molar-refractivity contribution in [2.45, 2.75) is 31.8 Å². The second kappa shape index (κ2) is 6.41. The number of nitrogens with zero attached hydrogens (tertiary/aromatic N) is 2. The van der Waals surface area contributed by atoms with Gasteiger partial charge in [0.05, 0.1) is 11.4 Å². The lowest BCUT2D eigenvalue weighted by Crippen LogP contribution is -2.41. The molecule has 2 heterocycles. The van der Waals surface area contributed by atoms with Gasteiger partial charge in [0.25, 0.3) is 0 Å². The van der Waals surface area contributed by atoms with Crippen molar-refractivity contribution in [3.63, 3.8) is 0 Å². The highest BCUT2D eigenvalue weighted by Gasteiger charge is 2.33. The van der Waals surface area contributed by atoms with Crippen molar-refractivity contribution in [1.82, 2.24) is 4.98 Å². The SMILES string of the molecule is CC1CC(C(N)=O)c2ccccc2N1Cc1cc(F)cc2cccnc12. The summed E-state index contributed by atoms with van der Waals surface area (Å²) < 4.78 is 14.1. The molecule has 0 aliphatic carbocycles. The zero-order valence-electron chi connectivity index (χ0n) is 14.5. The molecule has 1 aliphatic rings. The number of pyridine rings is 1. The molecule has 5 heteroatoms. The van der Waals surface area contributed by atoms with E-state index in [4.69, 9.17) is 5.73 Å². The highest BCUT2D eigenvalue weighted by Crippen LogP contribution is 2.39. The van der Waals surface area contributed by atoms with Crippen LogP contribution >= 0.6 is 0 Å². The highest BCUT2D eigenvalue weighted by atomic mass is 19.1. The Morgan fingerprint density at radius 3 is 2.88 bits per heavy atom. The highest BCUT2D eigenvalue weighted by molar-refractivity contribution is 5.86. The van der Waals surface area contributed by atoms with Gasteiger partial charge in [0.2, 0.25) is 5.91 Å². The Labute approximate surface area is 151 Å². The van der Waals surface area contributed by atoms with Crippen molar-refractivity contribution in [3.05, 3.63) is 71.7 Å². The third kappa shape index (κ3) is 2.79. The number of hydrogen-bond donors (Lipinski definition) is 1. The van der Waals surface area contributed by atoms with Crippen molar-refractivity contribution >= 4 is 22.5 Å². The van der Waals surface area contributed by atoms with Crippen LogP contribution in [0.5, 0.6) is 0 Å². The van der Waals surface area contributed by atoms with E-state index in [0.29, 0.717) is 13.0 Å². The van der Waals surface area contributed by atoms with Crippen LogP contribution in [0.3, 0.4) is 0 Å². The number of carbonyl (C=O) groups is 1. The van der Waals surface area contributed by atoms with Crippen LogP contribution in [-0.4, -0.2) is 16.9 Å². The molecule has 4 nitrogen and oxygen atoms in total. The van der Waals surface area contributed by atoms with E-state index in [0.717, 1.165) is 27.7 Å². The van der Waals surface area contributed by atoms with Gasteiger partial charge >= 0.3 is 0 Å². The zero-order valence-corrected chi connectivity index (χ0v) is 14.5. The largest absolute Gasteiger partial charge is 0.369 e. The maximum absolute atomic E-state index is 14.1. The number of fused-ring (bicyclic) bond motifs is 2. The summed E-state index contributed by atoms with van der Waals surface area (Å²) in [6.07, 6.45) is 2.37. The lowest BCUT2D eigenvalue weighted by Gasteiger charge is -2.40. The summed E-state index contributed by atoms with van der Waals surface area (Å²) in [6, 6.07) is 14.6. The van der Waals surface area contributed by atoms with Gasteiger partial charge in [-0.05, 0) is 43.2 Å². The number of hydrogen-bond acceptors (Lipinski definition) is 3. The standard InChI is InChI=1S/C21H20FN3O/c1-13-9-18(21(23)26)17-6-2-3-7-19(17)25(13)12-15-11-16(22)10-14-5-4-8-24-20(14)15/h2-8,10-11,13,18H,9,12H2,1H3,(H2,23,26). The maximum atomic E-state index is 14.1. The molecule has 0 spiro atoms. The Bertz CT molecular complexity index is 988. The number of para-hydroxylation sites is 1. The van der Waals surface area contributed by atoms with E-state index >= 15 is 0 Å². The van der Waals surface area contributed by atoms with Gasteiger partial charge in [-0.1, -0.05) is 24.3 Å². The average Bonchev–Trinajstić information content (AvgIpc) is 2.63.